The van der Waals surface area contributed by atoms with Crippen molar-refractivity contribution in [3.63, 3.8) is 0 Å². The van der Waals surface area contributed by atoms with Crippen LogP contribution >= 0.6 is 0 Å². The third-order valence-corrected chi connectivity index (χ3v) is 2.94. The molecule has 1 fully saturated rings. The number of H-pyrrole nitrogens is 1. The van der Waals surface area contributed by atoms with E-state index in [9.17, 15) is 9.18 Å². The maximum atomic E-state index is 13.7. The van der Waals surface area contributed by atoms with Crippen molar-refractivity contribution in [1.29, 1.82) is 0 Å². The van der Waals surface area contributed by atoms with Gasteiger partial charge in [-0.15, -0.1) is 0 Å². The zero-order valence-corrected chi connectivity index (χ0v) is 9.61. The van der Waals surface area contributed by atoms with E-state index in [0.29, 0.717) is 16.8 Å². The first kappa shape index (κ1) is 11.0. The first-order valence-electron chi connectivity index (χ1n) is 5.85. The summed E-state index contributed by atoms with van der Waals surface area (Å²) in [6.45, 7) is 0. The van der Waals surface area contributed by atoms with E-state index >= 15 is 0 Å². The fourth-order valence-corrected chi connectivity index (χ4v) is 1.82. The number of rotatable bonds is 3. The van der Waals surface area contributed by atoms with Gasteiger partial charge >= 0.3 is 0 Å². The number of carbonyl (C=O) groups excluding carboxylic acids is 1. The maximum Gasteiger partial charge on any atom is 0.255 e. The van der Waals surface area contributed by atoms with Crippen LogP contribution in [0.1, 0.15) is 23.2 Å². The Morgan fingerprint density at radius 1 is 1.39 bits per heavy atom. The first-order valence-corrected chi connectivity index (χ1v) is 5.85. The zero-order valence-electron chi connectivity index (χ0n) is 9.61. The predicted molar refractivity (Wildman–Crippen MR) is 64.5 cm³/mol. The van der Waals surface area contributed by atoms with Crippen LogP contribution in [0.4, 0.5) is 4.39 Å². The highest BCUT2D eigenvalue weighted by atomic mass is 19.1. The van der Waals surface area contributed by atoms with Crippen molar-refractivity contribution in [2.45, 2.75) is 18.9 Å². The Morgan fingerprint density at radius 2 is 2.17 bits per heavy atom. The lowest BCUT2D eigenvalue weighted by Gasteiger charge is -2.05. The number of aromatic nitrogens is 2. The molecular weight excluding hydrogens is 233 g/mol. The Hall–Kier alpha value is -2.17. The van der Waals surface area contributed by atoms with Crippen molar-refractivity contribution in [2.24, 2.45) is 0 Å². The average molecular weight is 245 g/mol. The molecule has 1 aliphatic rings. The summed E-state index contributed by atoms with van der Waals surface area (Å²) >= 11 is 0. The number of halogens is 1. The lowest BCUT2D eigenvalue weighted by atomic mass is 10.1. The second-order valence-electron chi connectivity index (χ2n) is 4.39. The molecule has 5 heteroatoms. The third kappa shape index (κ3) is 1.99. The normalized spacial score (nSPS) is 14.5. The largest absolute Gasteiger partial charge is 0.349 e. The predicted octanol–water partition coefficient (Wildman–Crippen LogP) is 2.11. The van der Waals surface area contributed by atoms with Crippen LogP contribution in [-0.4, -0.2) is 22.1 Å². The summed E-state index contributed by atoms with van der Waals surface area (Å²) in [4.78, 5) is 12.0. The Bertz CT molecular complexity index is 589. The van der Waals surface area contributed by atoms with Gasteiger partial charge in [0.1, 0.15) is 5.82 Å². The van der Waals surface area contributed by atoms with Crippen LogP contribution in [0.3, 0.4) is 0 Å². The molecular formula is C13H12FN3O. The molecule has 0 unspecified atom stereocenters. The van der Waals surface area contributed by atoms with Gasteiger partial charge in [-0.25, -0.2) is 4.39 Å². The van der Waals surface area contributed by atoms with E-state index in [4.69, 9.17) is 0 Å². The van der Waals surface area contributed by atoms with Gasteiger partial charge in [-0.05, 0) is 25.0 Å². The van der Waals surface area contributed by atoms with Crippen LogP contribution in [0.5, 0.6) is 0 Å². The maximum absolute atomic E-state index is 13.7. The smallest absolute Gasteiger partial charge is 0.255 e. The summed E-state index contributed by atoms with van der Waals surface area (Å²) < 4.78 is 13.7. The van der Waals surface area contributed by atoms with Gasteiger partial charge < -0.3 is 5.32 Å². The van der Waals surface area contributed by atoms with E-state index in [1.807, 2.05) is 0 Å². The van der Waals surface area contributed by atoms with Crippen LogP contribution in [0.2, 0.25) is 0 Å². The van der Waals surface area contributed by atoms with Crippen molar-refractivity contribution in [2.75, 3.05) is 0 Å². The molecule has 1 saturated carbocycles. The molecule has 1 aromatic carbocycles. The Balaban J connectivity index is 1.95. The van der Waals surface area contributed by atoms with E-state index in [1.165, 1.54) is 12.3 Å². The van der Waals surface area contributed by atoms with Gasteiger partial charge in [0.25, 0.3) is 5.91 Å². The van der Waals surface area contributed by atoms with Crippen LogP contribution in [0.15, 0.2) is 30.5 Å². The summed E-state index contributed by atoms with van der Waals surface area (Å²) in [5.41, 5.74) is 1.16. The molecule has 1 amide bonds. The standard InChI is InChI=1S/C13H12FN3O/c14-11-4-2-1-3-9(11)12-10(7-15-17-12)13(18)16-8-5-6-8/h1-4,7-8H,5-6H2,(H,15,17)(H,16,18). The highest BCUT2D eigenvalue weighted by molar-refractivity contribution is 6.00. The second-order valence-corrected chi connectivity index (χ2v) is 4.39. The van der Waals surface area contributed by atoms with Crippen molar-refractivity contribution in [3.05, 3.63) is 41.8 Å². The van der Waals surface area contributed by atoms with Gasteiger partial charge in [-0.1, -0.05) is 12.1 Å². The fraction of sp³-hybridized carbons (Fsp3) is 0.231. The minimum absolute atomic E-state index is 0.204. The van der Waals surface area contributed by atoms with Crippen LogP contribution in [0, 0.1) is 5.82 Å². The molecule has 3 rings (SSSR count). The number of carbonyl (C=O) groups is 1. The van der Waals surface area contributed by atoms with E-state index in [0.717, 1.165) is 12.8 Å². The zero-order chi connectivity index (χ0) is 12.5. The highest BCUT2D eigenvalue weighted by Crippen LogP contribution is 2.25. The quantitative estimate of drug-likeness (QED) is 0.870. The summed E-state index contributed by atoms with van der Waals surface area (Å²) in [6, 6.07) is 6.58. The third-order valence-electron chi connectivity index (χ3n) is 2.94. The molecule has 4 nitrogen and oxygen atoms in total. The summed E-state index contributed by atoms with van der Waals surface area (Å²) in [5.74, 6) is -0.577. The topological polar surface area (TPSA) is 57.8 Å². The van der Waals surface area contributed by atoms with Gasteiger partial charge in [0, 0.05) is 11.6 Å². The van der Waals surface area contributed by atoms with Crippen molar-refractivity contribution in [3.8, 4) is 11.3 Å². The van der Waals surface area contributed by atoms with Crippen molar-refractivity contribution >= 4 is 5.91 Å². The fourth-order valence-electron chi connectivity index (χ4n) is 1.82. The summed E-state index contributed by atoms with van der Waals surface area (Å²) in [7, 11) is 0. The average Bonchev–Trinajstić information content (AvgIpc) is 3.04. The lowest BCUT2D eigenvalue weighted by Crippen LogP contribution is -2.25. The number of nitrogens with one attached hydrogen (secondary N) is 2. The summed E-state index contributed by atoms with van der Waals surface area (Å²) in [6.07, 6.45) is 3.46. The van der Waals surface area contributed by atoms with Crippen LogP contribution in [0.25, 0.3) is 11.3 Å². The number of benzene rings is 1. The number of hydrogen-bond donors (Lipinski definition) is 2. The van der Waals surface area contributed by atoms with E-state index in [2.05, 4.69) is 15.5 Å². The minimum atomic E-state index is -0.373. The van der Waals surface area contributed by atoms with E-state index in [-0.39, 0.29) is 17.8 Å². The molecule has 18 heavy (non-hydrogen) atoms. The molecule has 2 N–H and O–H groups in total. The number of amides is 1. The number of nitrogens with zero attached hydrogens (tertiary/aromatic N) is 1. The molecule has 1 heterocycles. The number of hydrogen-bond acceptors (Lipinski definition) is 2. The van der Waals surface area contributed by atoms with Crippen molar-refractivity contribution < 1.29 is 9.18 Å². The Labute approximate surface area is 103 Å². The number of aromatic amines is 1. The van der Waals surface area contributed by atoms with Crippen LogP contribution < -0.4 is 5.32 Å². The monoisotopic (exact) mass is 245 g/mol. The molecule has 0 aliphatic heterocycles. The van der Waals surface area contributed by atoms with Gasteiger partial charge in [0.2, 0.25) is 0 Å². The molecule has 0 radical (unpaired) electrons. The molecule has 0 spiro atoms. The van der Waals surface area contributed by atoms with Crippen LogP contribution in [-0.2, 0) is 0 Å². The second kappa shape index (κ2) is 4.25. The molecule has 1 aromatic heterocycles. The van der Waals surface area contributed by atoms with Gasteiger partial charge in [0.05, 0.1) is 17.5 Å². The molecule has 0 atom stereocenters. The molecule has 1 aliphatic carbocycles. The molecule has 0 saturated heterocycles. The SMILES string of the molecule is O=C(NC1CC1)c1cn[nH]c1-c1ccccc1F. The molecule has 92 valence electrons. The Kier molecular flexibility index (Phi) is 2.59. The van der Waals surface area contributed by atoms with Gasteiger partial charge in [-0.2, -0.15) is 5.10 Å². The lowest BCUT2D eigenvalue weighted by molar-refractivity contribution is 0.0952. The Morgan fingerprint density at radius 3 is 2.89 bits per heavy atom. The van der Waals surface area contributed by atoms with E-state index < -0.39 is 0 Å². The first-order chi connectivity index (χ1) is 8.75. The van der Waals surface area contributed by atoms with Gasteiger partial charge in [-0.3, -0.25) is 9.89 Å². The van der Waals surface area contributed by atoms with E-state index in [1.54, 1.807) is 18.2 Å². The minimum Gasteiger partial charge on any atom is -0.349 e. The van der Waals surface area contributed by atoms with Gasteiger partial charge in [0.15, 0.2) is 0 Å². The van der Waals surface area contributed by atoms with Crippen molar-refractivity contribution in [1.82, 2.24) is 15.5 Å². The summed E-state index contributed by atoms with van der Waals surface area (Å²) in [5, 5.41) is 9.39. The molecule has 2 aromatic rings. The molecule has 0 bridgehead atoms. The highest BCUT2D eigenvalue weighted by Gasteiger charge is 2.26.